The zero-order valence-electron chi connectivity index (χ0n) is 20.3. The van der Waals surface area contributed by atoms with Crippen molar-refractivity contribution in [1.29, 1.82) is 0 Å². The fourth-order valence-electron chi connectivity index (χ4n) is 4.27. The molecule has 7 nitrogen and oxygen atoms in total. The third kappa shape index (κ3) is 5.55. The van der Waals surface area contributed by atoms with E-state index in [-0.39, 0.29) is 24.3 Å². The van der Waals surface area contributed by atoms with Crippen molar-refractivity contribution in [3.05, 3.63) is 94.5 Å². The molecule has 1 N–H and O–H groups in total. The highest BCUT2D eigenvalue weighted by Gasteiger charge is 2.39. The molecule has 0 saturated carbocycles. The fourth-order valence-corrected chi connectivity index (χ4v) is 5.46. The molecule has 3 aromatic carbocycles. The van der Waals surface area contributed by atoms with Crippen LogP contribution >= 0.6 is 23.4 Å². The Bertz CT molecular complexity index is 1390. The molecule has 0 aromatic heterocycles. The maximum absolute atomic E-state index is 12.8. The summed E-state index contributed by atoms with van der Waals surface area (Å²) in [6.07, 6.45) is 0.639. The van der Waals surface area contributed by atoms with Crippen LogP contribution in [-0.2, 0) is 9.59 Å². The predicted molar refractivity (Wildman–Crippen MR) is 148 cm³/mol. The van der Waals surface area contributed by atoms with Gasteiger partial charge in [-0.3, -0.25) is 9.59 Å². The summed E-state index contributed by atoms with van der Waals surface area (Å²) in [5, 5.41) is 10.0. The Morgan fingerprint density at radius 3 is 2.57 bits per heavy atom. The second-order valence-electron chi connectivity index (χ2n) is 8.82. The van der Waals surface area contributed by atoms with E-state index >= 15 is 0 Å². The van der Waals surface area contributed by atoms with E-state index in [1.807, 2.05) is 43.3 Å². The number of aliphatic imine (C=N–C) groups is 1. The molecule has 2 amide bonds. The Balaban J connectivity index is 1.35. The zero-order chi connectivity index (χ0) is 25.9. The first-order valence-electron chi connectivity index (χ1n) is 11.8. The van der Waals surface area contributed by atoms with Gasteiger partial charge < -0.3 is 10.1 Å². The number of hydrogen-bond donors (Lipinski definition) is 1. The Hall–Kier alpha value is -3.62. The number of hydrazone groups is 1. The minimum atomic E-state index is -0.630. The number of nitrogens with one attached hydrogen (secondary N) is 1. The smallest absolute Gasteiger partial charge is 0.262 e. The van der Waals surface area contributed by atoms with Gasteiger partial charge >= 0.3 is 0 Å². The molecule has 0 fully saturated rings. The van der Waals surface area contributed by atoms with E-state index in [1.165, 1.54) is 17.3 Å². The highest BCUT2D eigenvalue weighted by Crippen LogP contribution is 2.39. The van der Waals surface area contributed by atoms with Gasteiger partial charge in [0.25, 0.3) is 5.91 Å². The minimum absolute atomic E-state index is 0.0114. The van der Waals surface area contributed by atoms with Crippen molar-refractivity contribution in [3.8, 4) is 5.75 Å². The van der Waals surface area contributed by atoms with Crippen molar-refractivity contribution in [2.24, 2.45) is 10.1 Å². The number of carbonyl (C=O) groups excluding carboxylic acids is 2. The predicted octanol–water partition coefficient (Wildman–Crippen LogP) is 5.83. The van der Waals surface area contributed by atoms with Crippen LogP contribution in [0.15, 0.2) is 82.9 Å². The lowest BCUT2D eigenvalue weighted by molar-refractivity contribution is -0.121. The van der Waals surface area contributed by atoms with Crippen molar-refractivity contribution in [2.75, 3.05) is 12.4 Å². The molecule has 2 heterocycles. The van der Waals surface area contributed by atoms with E-state index in [2.05, 4.69) is 34.6 Å². The van der Waals surface area contributed by atoms with Crippen LogP contribution in [0.2, 0.25) is 5.02 Å². The quantitative estimate of drug-likeness (QED) is 0.431. The average Bonchev–Trinajstić information content (AvgIpc) is 3.49. The molecule has 2 unspecified atom stereocenters. The first-order chi connectivity index (χ1) is 17.9. The SMILES string of the molecule is COc1ccccc1NC(=O)CC1SC(N2N=C(c3ccc(C)cc3)CC2c2ccc(Cl)cc2)=NC1=O. The van der Waals surface area contributed by atoms with Crippen molar-refractivity contribution in [3.63, 3.8) is 0 Å². The number of para-hydroxylation sites is 2. The molecule has 188 valence electrons. The molecule has 0 bridgehead atoms. The van der Waals surface area contributed by atoms with Crippen molar-refractivity contribution < 1.29 is 14.3 Å². The summed E-state index contributed by atoms with van der Waals surface area (Å²) >= 11 is 7.39. The third-order valence-electron chi connectivity index (χ3n) is 6.23. The van der Waals surface area contributed by atoms with Gasteiger partial charge in [0.05, 0.1) is 24.6 Å². The number of halogens is 1. The number of ether oxygens (including phenoxy) is 1. The van der Waals surface area contributed by atoms with Gasteiger partial charge in [-0.2, -0.15) is 10.1 Å². The Kier molecular flexibility index (Phi) is 7.30. The first-order valence-corrected chi connectivity index (χ1v) is 13.1. The number of thioether (sulfide) groups is 1. The first kappa shape index (κ1) is 25.0. The average molecular weight is 533 g/mol. The summed E-state index contributed by atoms with van der Waals surface area (Å²) in [7, 11) is 1.54. The maximum Gasteiger partial charge on any atom is 0.262 e. The number of rotatable bonds is 6. The highest BCUT2D eigenvalue weighted by molar-refractivity contribution is 8.15. The van der Waals surface area contributed by atoms with E-state index < -0.39 is 5.25 Å². The van der Waals surface area contributed by atoms with Gasteiger partial charge in [-0.15, -0.1) is 0 Å². The van der Waals surface area contributed by atoms with Crippen LogP contribution in [0.1, 0.15) is 35.6 Å². The summed E-state index contributed by atoms with van der Waals surface area (Å²) in [5.74, 6) is -0.0747. The normalized spacial score (nSPS) is 19.0. The largest absolute Gasteiger partial charge is 0.495 e. The molecular weight excluding hydrogens is 508 g/mol. The maximum atomic E-state index is 12.8. The highest BCUT2D eigenvalue weighted by atomic mass is 35.5. The summed E-state index contributed by atoms with van der Waals surface area (Å²) in [4.78, 5) is 29.9. The lowest BCUT2D eigenvalue weighted by Crippen LogP contribution is -2.25. The van der Waals surface area contributed by atoms with Crippen molar-refractivity contribution in [1.82, 2.24) is 5.01 Å². The Labute approximate surface area is 224 Å². The van der Waals surface area contributed by atoms with Gasteiger partial charge in [-0.05, 0) is 42.3 Å². The molecule has 0 aliphatic carbocycles. The second-order valence-corrected chi connectivity index (χ2v) is 10.4. The number of hydrogen-bond acceptors (Lipinski definition) is 6. The van der Waals surface area contributed by atoms with E-state index in [0.29, 0.717) is 28.0 Å². The summed E-state index contributed by atoms with van der Waals surface area (Å²) in [6.45, 7) is 2.04. The monoisotopic (exact) mass is 532 g/mol. The fraction of sp³-hybridized carbons (Fsp3) is 0.214. The van der Waals surface area contributed by atoms with E-state index in [0.717, 1.165) is 16.8 Å². The lowest BCUT2D eigenvalue weighted by Gasteiger charge is -2.23. The van der Waals surface area contributed by atoms with Gasteiger partial charge in [-0.25, -0.2) is 5.01 Å². The standard InChI is InChI=1S/C28H25ClN4O3S/c1-17-7-9-18(10-8-17)22-15-23(19-11-13-20(29)14-12-19)33(32-22)28-31-27(35)25(37-28)16-26(34)30-21-5-3-4-6-24(21)36-2/h3-14,23,25H,15-16H2,1-2H3,(H,30,34). The molecule has 37 heavy (non-hydrogen) atoms. The molecule has 0 saturated heterocycles. The van der Waals surface area contributed by atoms with E-state index in [9.17, 15) is 9.59 Å². The molecule has 2 aliphatic rings. The van der Waals surface area contributed by atoms with Gasteiger partial charge in [0.2, 0.25) is 5.91 Å². The Morgan fingerprint density at radius 2 is 1.84 bits per heavy atom. The van der Waals surface area contributed by atoms with Gasteiger partial charge in [0.15, 0.2) is 5.17 Å². The van der Waals surface area contributed by atoms with Crippen LogP contribution in [0.5, 0.6) is 5.75 Å². The molecular formula is C28H25ClN4O3S. The van der Waals surface area contributed by atoms with Crippen LogP contribution in [0, 0.1) is 6.92 Å². The van der Waals surface area contributed by atoms with Crippen molar-refractivity contribution >= 4 is 51.7 Å². The summed E-state index contributed by atoms with van der Waals surface area (Å²) in [5.41, 5.74) is 4.68. The number of methoxy groups -OCH3 is 1. The lowest BCUT2D eigenvalue weighted by atomic mass is 9.98. The number of nitrogens with zero attached hydrogens (tertiary/aromatic N) is 3. The zero-order valence-corrected chi connectivity index (χ0v) is 21.9. The molecule has 2 aliphatic heterocycles. The van der Waals surface area contributed by atoms with Gasteiger partial charge in [0.1, 0.15) is 11.0 Å². The van der Waals surface area contributed by atoms with Crippen molar-refractivity contribution in [2.45, 2.75) is 31.1 Å². The second kappa shape index (κ2) is 10.8. The molecule has 0 spiro atoms. The van der Waals surface area contributed by atoms with Crippen LogP contribution in [0.4, 0.5) is 5.69 Å². The number of aryl methyl sites for hydroxylation is 1. The molecule has 0 radical (unpaired) electrons. The minimum Gasteiger partial charge on any atom is -0.495 e. The van der Waals surface area contributed by atoms with E-state index in [1.54, 1.807) is 24.3 Å². The van der Waals surface area contributed by atoms with E-state index in [4.69, 9.17) is 21.4 Å². The van der Waals surface area contributed by atoms with Crippen LogP contribution in [0.25, 0.3) is 0 Å². The number of anilines is 1. The number of benzene rings is 3. The molecule has 9 heteroatoms. The topological polar surface area (TPSA) is 83.4 Å². The molecule has 2 atom stereocenters. The summed E-state index contributed by atoms with van der Waals surface area (Å²) < 4.78 is 5.30. The summed E-state index contributed by atoms with van der Waals surface area (Å²) in [6, 6.07) is 22.8. The Morgan fingerprint density at radius 1 is 1.11 bits per heavy atom. The van der Waals surface area contributed by atoms with Crippen LogP contribution < -0.4 is 10.1 Å². The van der Waals surface area contributed by atoms with Gasteiger partial charge in [0, 0.05) is 17.9 Å². The molecule has 5 rings (SSSR count). The number of amidine groups is 1. The van der Waals surface area contributed by atoms with Crippen LogP contribution in [-0.4, -0.2) is 40.1 Å². The third-order valence-corrected chi connectivity index (χ3v) is 7.62. The van der Waals surface area contributed by atoms with Crippen LogP contribution in [0.3, 0.4) is 0 Å². The number of carbonyl (C=O) groups is 2. The number of amides is 2. The van der Waals surface area contributed by atoms with Gasteiger partial charge in [-0.1, -0.05) is 77.5 Å². The molecule has 3 aromatic rings.